The molecule has 1 aromatic carbocycles. The van der Waals surface area contributed by atoms with Crippen LogP contribution in [0.25, 0.3) is 0 Å². The SMILES string of the molecule is CCN(C(=O)c1ccn(C)c(=O)c1)c1cccc(O)c1. The van der Waals surface area contributed by atoms with E-state index in [1.54, 1.807) is 37.5 Å². The van der Waals surface area contributed by atoms with Crippen LogP contribution in [0.1, 0.15) is 17.3 Å². The number of rotatable bonds is 3. The topological polar surface area (TPSA) is 62.5 Å². The van der Waals surface area contributed by atoms with Gasteiger partial charge in [0.2, 0.25) is 0 Å². The van der Waals surface area contributed by atoms with Crippen molar-refractivity contribution in [3.05, 3.63) is 58.5 Å². The number of aromatic nitrogens is 1. The summed E-state index contributed by atoms with van der Waals surface area (Å²) in [6.07, 6.45) is 1.56. The van der Waals surface area contributed by atoms with Gasteiger partial charge in [0.05, 0.1) is 0 Å². The van der Waals surface area contributed by atoms with Gasteiger partial charge in [-0.3, -0.25) is 9.59 Å². The zero-order valence-electron chi connectivity index (χ0n) is 11.4. The molecule has 104 valence electrons. The lowest BCUT2D eigenvalue weighted by Crippen LogP contribution is -2.31. The van der Waals surface area contributed by atoms with Gasteiger partial charge in [0.15, 0.2) is 0 Å². The normalized spacial score (nSPS) is 10.3. The molecule has 0 radical (unpaired) electrons. The average Bonchev–Trinajstić information content (AvgIpc) is 2.42. The first-order valence-electron chi connectivity index (χ1n) is 6.30. The molecule has 0 aliphatic carbocycles. The Labute approximate surface area is 116 Å². The van der Waals surface area contributed by atoms with Crippen LogP contribution >= 0.6 is 0 Å². The van der Waals surface area contributed by atoms with Gasteiger partial charge in [0.1, 0.15) is 5.75 Å². The lowest BCUT2D eigenvalue weighted by atomic mass is 10.2. The molecule has 1 heterocycles. The Bertz CT molecular complexity index is 692. The number of pyridine rings is 1. The van der Waals surface area contributed by atoms with Crippen molar-refractivity contribution in [1.29, 1.82) is 0 Å². The van der Waals surface area contributed by atoms with E-state index in [0.29, 0.717) is 17.8 Å². The standard InChI is InChI=1S/C15H16N2O3/c1-3-17(12-5-4-6-13(18)10-12)15(20)11-7-8-16(2)14(19)9-11/h4-10,18H,3H2,1-2H3. The van der Waals surface area contributed by atoms with Crippen molar-refractivity contribution >= 4 is 11.6 Å². The number of aromatic hydroxyl groups is 1. The van der Waals surface area contributed by atoms with Crippen LogP contribution in [0.4, 0.5) is 5.69 Å². The minimum atomic E-state index is -0.268. The molecule has 2 aromatic rings. The van der Waals surface area contributed by atoms with Crippen LogP contribution in [0.15, 0.2) is 47.4 Å². The predicted molar refractivity (Wildman–Crippen MR) is 77.1 cm³/mol. The summed E-state index contributed by atoms with van der Waals surface area (Å²) in [5.41, 5.74) is 0.694. The summed E-state index contributed by atoms with van der Waals surface area (Å²) in [4.78, 5) is 25.6. The molecule has 1 N–H and O–H groups in total. The monoisotopic (exact) mass is 272 g/mol. The zero-order valence-corrected chi connectivity index (χ0v) is 11.4. The number of carbonyl (C=O) groups excluding carboxylic acids is 1. The van der Waals surface area contributed by atoms with Gasteiger partial charge in [-0.05, 0) is 25.1 Å². The fraction of sp³-hybridized carbons (Fsp3) is 0.200. The van der Waals surface area contributed by atoms with Crippen LogP contribution in [0, 0.1) is 0 Å². The van der Waals surface area contributed by atoms with Crippen LogP contribution in [-0.2, 0) is 7.05 Å². The maximum Gasteiger partial charge on any atom is 0.258 e. The van der Waals surface area contributed by atoms with E-state index in [1.807, 2.05) is 6.92 Å². The first-order valence-corrected chi connectivity index (χ1v) is 6.30. The quantitative estimate of drug-likeness (QED) is 0.926. The molecule has 0 spiro atoms. The van der Waals surface area contributed by atoms with E-state index in [-0.39, 0.29) is 17.2 Å². The van der Waals surface area contributed by atoms with Crippen LogP contribution in [-0.4, -0.2) is 22.1 Å². The maximum absolute atomic E-state index is 12.4. The molecule has 0 unspecified atom stereocenters. The first kappa shape index (κ1) is 13.9. The van der Waals surface area contributed by atoms with Crippen LogP contribution < -0.4 is 10.5 Å². The molecular weight excluding hydrogens is 256 g/mol. The second kappa shape index (κ2) is 5.61. The summed E-state index contributed by atoms with van der Waals surface area (Å²) in [5.74, 6) is -0.173. The highest BCUT2D eigenvalue weighted by Crippen LogP contribution is 2.21. The van der Waals surface area contributed by atoms with E-state index in [9.17, 15) is 14.7 Å². The van der Waals surface area contributed by atoms with E-state index in [2.05, 4.69) is 0 Å². The van der Waals surface area contributed by atoms with E-state index in [1.165, 1.54) is 21.6 Å². The van der Waals surface area contributed by atoms with Gasteiger partial charge in [-0.25, -0.2) is 0 Å². The average molecular weight is 272 g/mol. The van der Waals surface area contributed by atoms with Crippen LogP contribution in [0.3, 0.4) is 0 Å². The fourth-order valence-corrected chi connectivity index (χ4v) is 1.94. The Kier molecular flexibility index (Phi) is 3.89. The molecule has 0 aliphatic rings. The molecule has 0 saturated heterocycles. The summed E-state index contributed by atoms with van der Waals surface area (Å²) in [6.45, 7) is 2.28. The molecule has 5 nitrogen and oxygen atoms in total. The minimum Gasteiger partial charge on any atom is -0.508 e. The lowest BCUT2D eigenvalue weighted by Gasteiger charge is -2.21. The third-order valence-corrected chi connectivity index (χ3v) is 3.05. The van der Waals surface area contributed by atoms with Gasteiger partial charge < -0.3 is 14.6 Å². The number of aryl methyl sites for hydroxylation is 1. The summed E-state index contributed by atoms with van der Waals surface area (Å²) in [6, 6.07) is 9.39. The number of benzene rings is 1. The highest BCUT2D eigenvalue weighted by atomic mass is 16.3. The van der Waals surface area contributed by atoms with Crippen molar-refractivity contribution in [3.8, 4) is 5.75 Å². The minimum absolute atomic E-state index is 0.0951. The van der Waals surface area contributed by atoms with Crippen molar-refractivity contribution < 1.29 is 9.90 Å². The van der Waals surface area contributed by atoms with E-state index >= 15 is 0 Å². The largest absolute Gasteiger partial charge is 0.508 e. The van der Waals surface area contributed by atoms with Crippen LogP contribution in [0.5, 0.6) is 5.75 Å². The molecule has 0 bridgehead atoms. The van der Waals surface area contributed by atoms with Crippen LogP contribution in [0.2, 0.25) is 0 Å². The molecule has 0 atom stereocenters. The van der Waals surface area contributed by atoms with E-state index in [0.717, 1.165) is 0 Å². The second-order valence-corrected chi connectivity index (χ2v) is 4.43. The summed E-state index contributed by atoms with van der Waals surface area (Å²) >= 11 is 0. The first-order chi connectivity index (χ1) is 9.52. The number of hydrogen-bond acceptors (Lipinski definition) is 3. The molecule has 0 fully saturated rings. The third-order valence-electron chi connectivity index (χ3n) is 3.05. The number of hydrogen-bond donors (Lipinski definition) is 1. The highest BCUT2D eigenvalue weighted by Gasteiger charge is 2.17. The van der Waals surface area contributed by atoms with Gasteiger partial charge in [-0.1, -0.05) is 6.07 Å². The van der Waals surface area contributed by atoms with Crippen molar-refractivity contribution in [1.82, 2.24) is 4.57 Å². The van der Waals surface area contributed by atoms with Crippen molar-refractivity contribution in [2.45, 2.75) is 6.92 Å². The number of carbonyl (C=O) groups is 1. The summed E-state index contributed by atoms with van der Waals surface area (Å²) < 4.78 is 1.40. The van der Waals surface area contributed by atoms with Gasteiger partial charge >= 0.3 is 0 Å². The van der Waals surface area contributed by atoms with Crippen molar-refractivity contribution in [3.63, 3.8) is 0 Å². The number of phenols is 1. The number of anilines is 1. The second-order valence-electron chi connectivity index (χ2n) is 4.43. The Morgan fingerprint density at radius 1 is 1.30 bits per heavy atom. The molecule has 1 aromatic heterocycles. The van der Waals surface area contributed by atoms with Crippen molar-refractivity contribution in [2.75, 3.05) is 11.4 Å². The lowest BCUT2D eigenvalue weighted by molar-refractivity contribution is 0.0988. The third kappa shape index (κ3) is 2.71. The molecule has 0 saturated carbocycles. The number of phenolic OH excluding ortho intramolecular Hbond substituents is 1. The predicted octanol–water partition coefficient (Wildman–Crippen LogP) is 1.76. The highest BCUT2D eigenvalue weighted by molar-refractivity contribution is 6.06. The zero-order chi connectivity index (χ0) is 14.7. The fourth-order valence-electron chi connectivity index (χ4n) is 1.94. The maximum atomic E-state index is 12.4. The molecule has 2 rings (SSSR count). The molecule has 20 heavy (non-hydrogen) atoms. The van der Waals surface area contributed by atoms with Gasteiger partial charge in [0.25, 0.3) is 11.5 Å². The van der Waals surface area contributed by atoms with Gasteiger partial charge in [0, 0.05) is 43.2 Å². The Hall–Kier alpha value is -2.56. The molecule has 0 aliphatic heterocycles. The Balaban J connectivity index is 2.38. The Morgan fingerprint density at radius 3 is 2.65 bits per heavy atom. The number of amides is 1. The van der Waals surface area contributed by atoms with Gasteiger partial charge in [-0.2, -0.15) is 0 Å². The van der Waals surface area contributed by atoms with E-state index < -0.39 is 0 Å². The number of nitrogens with zero attached hydrogens (tertiary/aromatic N) is 2. The Morgan fingerprint density at radius 2 is 2.05 bits per heavy atom. The van der Waals surface area contributed by atoms with Gasteiger partial charge in [-0.15, -0.1) is 0 Å². The smallest absolute Gasteiger partial charge is 0.258 e. The summed E-state index contributed by atoms with van der Waals surface area (Å²) in [5, 5.41) is 9.50. The molecule has 1 amide bonds. The van der Waals surface area contributed by atoms with Crippen molar-refractivity contribution in [2.24, 2.45) is 7.05 Å². The molecule has 5 heteroatoms. The van der Waals surface area contributed by atoms with E-state index in [4.69, 9.17) is 0 Å². The summed E-state index contributed by atoms with van der Waals surface area (Å²) in [7, 11) is 1.63. The molecular formula is C15H16N2O3.